The Morgan fingerprint density at radius 3 is 2.54 bits per heavy atom. The summed E-state index contributed by atoms with van der Waals surface area (Å²) in [5.74, 6) is 0.971. The van der Waals surface area contributed by atoms with Crippen molar-refractivity contribution < 1.29 is 9.53 Å². The Morgan fingerprint density at radius 2 is 1.89 bits per heavy atom. The molecule has 3 rings (SSSR count). The van der Waals surface area contributed by atoms with Crippen LogP contribution in [0.15, 0.2) is 46.9 Å². The van der Waals surface area contributed by atoms with Crippen molar-refractivity contribution >= 4 is 27.7 Å². The van der Waals surface area contributed by atoms with Gasteiger partial charge in [0.25, 0.3) is 0 Å². The van der Waals surface area contributed by atoms with Crippen LogP contribution in [0.2, 0.25) is 0 Å². The summed E-state index contributed by atoms with van der Waals surface area (Å²) < 4.78 is 6.72. The number of fused-ring (bicyclic) bond motifs is 1. The van der Waals surface area contributed by atoms with E-state index in [1.807, 2.05) is 35.2 Å². The Labute approximate surface area is 177 Å². The lowest BCUT2D eigenvalue weighted by Crippen LogP contribution is -2.45. The number of carbonyl (C=O) groups excluding carboxylic acids is 1. The summed E-state index contributed by atoms with van der Waals surface area (Å²) in [5.41, 5.74) is 4.52. The smallest absolute Gasteiger partial charge is 0.414 e. The molecule has 3 nitrogen and oxygen atoms in total. The first-order chi connectivity index (χ1) is 13.4. The lowest BCUT2D eigenvalue weighted by Gasteiger charge is -2.38. The molecular formula is C24H30BrNO2. The first kappa shape index (κ1) is 20.9. The summed E-state index contributed by atoms with van der Waals surface area (Å²) in [5, 5.41) is 0. The van der Waals surface area contributed by atoms with Crippen LogP contribution in [0, 0.1) is 5.92 Å². The molecule has 0 aromatic heterocycles. The zero-order valence-electron chi connectivity index (χ0n) is 17.2. The predicted molar refractivity (Wildman–Crippen MR) is 119 cm³/mol. The number of nitrogens with zero attached hydrogens (tertiary/aromatic N) is 1. The molecule has 2 aromatic carbocycles. The molecule has 0 saturated heterocycles. The highest BCUT2D eigenvalue weighted by Gasteiger charge is 2.34. The van der Waals surface area contributed by atoms with E-state index in [2.05, 4.69) is 55.8 Å². The Hall–Kier alpha value is -1.81. The third kappa shape index (κ3) is 4.78. The van der Waals surface area contributed by atoms with Crippen molar-refractivity contribution in [2.75, 3.05) is 4.90 Å². The lowest BCUT2D eigenvalue weighted by molar-refractivity contribution is 0.142. The fourth-order valence-corrected chi connectivity index (χ4v) is 4.61. The first-order valence-corrected chi connectivity index (χ1v) is 11.0. The molecule has 0 radical (unpaired) electrons. The molecule has 0 spiro atoms. The second-order valence-electron chi connectivity index (χ2n) is 8.40. The summed E-state index contributed by atoms with van der Waals surface area (Å²) in [7, 11) is 0. The van der Waals surface area contributed by atoms with Crippen molar-refractivity contribution in [2.45, 2.75) is 65.5 Å². The fraction of sp³-hybridized carbons (Fsp3) is 0.458. The van der Waals surface area contributed by atoms with Gasteiger partial charge in [0, 0.05) is 10.5 Å². The van der Waals surface area contributed by atoms with E-state index in [0.717, 1.165) is 35.0 Å². The molecule has 150 valence electrons. The molecule has 1 aliphatic heterocycles. The highest BCUT2D eigenvalue weighted by molar-refractivity contribution is 9.10. The fourth-order valence-electron chi connectivity index (χ4n) is 3.90. The van der Waals surface area contributed by atoms with Crippen molar-refractivity contribution in [3.8, 4) is 0 Å². The Bertz CT molecular complexity index is 817. The van der Waals surface area contributed by atoms with Crippen LogP contribution in [0.25, 0.3) is 0 Å². The van der Waals surface area contributed by atoms with Crippen LogP contribution >= 0.6 is 15.9 Å². The van der Waals surface area contributed by atoms with E-state index in [1.165, 1.54) is 11.1 Å². The van der Waals surface area contributed by atoms with Crippen LogP contribution in [-0.4, -0.2) is 12.1 Å². The van der Waals surface area contributed by atoms with E-state index in [-0.39, 0.29) is 12.1 Å². The molecule has 0 N–H and O–H groups in total. The molecular weight excluding hydrogens is 414 g/mol. The van der Waals surface area contributed by atoms with E-state index < -0.39 is 0 Å². The number of ether oxygens (including phenoxy) is 1. The van der Waals surface area contributed by atoms with Crippen LogP contribution < -0.4 is 4.90 Å². The third-order valence-corrected chi connectivity index (χ3v) is 5.93. The molecule has 1 heterocycles. The van der Waals surface area contributed by atoms with Gasteiger partial charge in [0.15, 0.2) is 0 Å². The lowest BCUT2D eigenvalue weighted by atomic mass is 9.88. The van der Waals surface area contributed by atoms with Crippen molar-refractivity contribution in [1.82, 2.24) is 0 Å². The number of halogens is 1. The number of carbonyl (C=O) groups is 1. The van der Waals surface area contributed by atoms with E-state index >= 15 is 0 Å². The van der Waals surface area contributed by atoms with Gasteiger partial charge < -0.3 is 4.74 Å². The van der Waals surface area contributed by atoms with E-state index in [1.54, 1.807) is 0 Å². The van der Waals surface area contributed by atoms with Crippen molar-refractivity contribution in [3.63, 3.8) is 0 Å². The van der Waals surface area contributed by atoms with Gasteiger partial charge in [-0.05, 0) is 69.8 Å². The van der Waals surface area contributed by atoms with E-state index in [9.17, 15) is 4.79 Å². The number of anilines is 1. The Morgan fingerprint density at radius 1 is 1.18 bits per heavy atom. The molecule has 1 unspecified atom stereocenters. The zero-order chi connectivity index (χ0) is 20.3. The number of aryl methyl sites for hydroxylation is 1. The third-order valence-electron chi connectivity index (χ3n) is 5.33. The van der Waals surface area contributed by atoms with Gasteiger partial charge in [-0.15, -0.1) is 0 Å². The van der Waals surface area contributed by atoms with Crippen molar-refractivity contribution in [2.24, 2.45) is 5.92 Å². The van der Waals surface area contributed by atoms with Gasteiger partial charge in [-0.2, -0.15) is 0 Å². The highest BCUT2D eigenvalue weighted by Crippen LogP contribution is 2.41. The maximum atomic E-state index is 13.2. The normalized spacial score (nSPS) is 16.4. The topological polar surface area (TPSA) is 29.5 Å². The Balaban J connectivity index is 1.91. The minimum absolute atomic E-state index is 0.164. The van der Waals surface area contributed by atoms with Crippen LogP contribution in [0.3, 0.4) is 0 Å². The second-order valence-corrected chi connectivity index (χ2v) is 9.25. The maximum absolute atomic E-state index is 13.2. The molecule has 0 saturated carbocycles. The molecule has 0 bridgehead atoms. The minimum Gasteiger partial charge on any atom is -0.444 e. The molecule has 2 aromatic rings. The van der Waals surface area contributed by atoms with Gasteiger partial charge in [0.1, 0.15) is 6.61 Å². The predicted octanol–water partition coefficient (Wildman–Crippen LogP) is 7.08. The highest BCUT2D eigenvalue weighted by atomic mass is 79.9. The standard InChI is InChI=1S/C24H30BrNO2/c1-16(2)12-21-11-10-19-13-20(17(3)4)14-22(25)23(19)26(21)24(27)28-15-18-8-6-5-7-9-18/h5-9,13-14,16-17,21H,10-12,15H2,1-4H3. The maximum Gasteiger partial charge on any atom is 0.414 e. The van der Waals surface area contributed by atoms with Crippen LogP contribution in [0.5, 0.6) is 0 Å². The zero-order valence-corrected chi connectivity index (χ0v) is 18.8. The molecule has 1 aliphatic rings. The van der Waals surface area contributed by atoms with Gasteiger partial charge in [0.2, 0.25) is 0 Å². The molecule has 4 heteroatoms. The summed E-state index contributed by atoms with van der Waals surface area (Å²) >= 11 is 3.75. The first-order valence-electron chi connectivity index (χ1n) is 10.2. The van der Waals surface area contributed by atoms with E-state index in [4.69, 9.17) is 4.74 Å². The summed E-state index contributed by atoms with van der Waals surface area (Å²) in [6, 6.07) is 14.4. The van der Waals surface area contributed by atoms with Crippen LogP contribution in [0.4, 0.5) is 10.5 Å². The summed E-state index contributed by atoms with van der Waals surface area (Å²) in [6.07, 6.45) is 2.68. The minimum atomic E-state index is -0.256. The molecule has 28 heavy (non-hydrogen) atoms. The Kier molecular flexibility index (Phi) is 6.82. The van der Waals surface area contributed by atoms with Crippen molar-refractivity contribution in [1.29, 1.82) is 0 Å². The van der Waals surface area contributed by atoms with Gasteiger partial charge in [-0.1, -0.05) is 64.1 Å². The number of amides is 1. The number of rotatable bonds is 5. The van der Waals surface area contributed by atoms with Gasteiger partial charge in [-0.3, -0.25) is 4.90 Å². The molecule has 0 fully saturated rings. The van der Waals surface area contributed by atoms with Gasteiger partial charge in [0.05, 0.1) is 5.69 Å². The average Bonchev–Trinajstić information content (AvgIpc) is 2.66. The molecule has 0 aliphatic carbocycles. The van der Waals surface area contributed by atoms with Gasteiger partial charge in [-0.25, -0.2) is 4.79 Å². The summed E-state index contributed by atoms with van der Waals surface area (Å²) in [6.45, 7) is 9.11. The van der Waals surface area contributed by atoms with Crippen LogP contribution in [-0.2, 0) is 17.8 Å². The number of benzene rings is 2. The number of hydrogen-bond donors (Lipinski definition) is 0. The number of hydrogen-bond acceptors (Lipinski definition) is 2. The monoisotopic (exact) mass is 443 g/mol. The average molecular weight is 444 g/mol. The van der Waals surface area contributed by atoms with Gasteiger partial charge >= 0.3 is 6.09 Å². The SMILES string of the molecule is CC(C)CC1CCc2cc(C(C)C)cc(Br)c2N1C(=O)OCc1ccccc1. The van der Waals surface area contributed by atoms with E-state index in [0.29, 0.717) is 18.4 Å². The summed E-state index contributed by atoms with van der Waals surface area (Å²) in [4.78, 5) is 15.1. The quantitative estimate of drug-likeness (QED) is 0.493. The second kappa shape index (κ2) is 9.13. The van der Waals surface area contributed by atoms with Crippen LogP contribution in [0.1, 0.15) is 63.1 Å². The molecule has 1 atom stereocenters. The molecule has 1 amide bonds. The largest absolute Gasteiger partial charge is 0.444 e. The van der Waals surface area contributed by atoms with Crippen molar-refractivity contribution in [3.05, 3.63) is 63.6 Å².